The van der Waals surface area contributed by atoms with Gasteiger partial charge in [-0.2, -0.15) is 0 Å². The number of aryl methyl sites for hydroxylation is 1. The number of aliphatic imine (C=N–C) groups is 1. The molecule has 1 aromatic rings. The first kappa shape index (κ1) is 23.5. The average Bonchev–Trinajstić information content (AvgIpc) is 3.01. The van der Waals surface area contributed by atoms with Crippen molar-refractivity contribution in [1.29, 1.82) is 0 Å². The molecule has 1 aliphatic heterocycles. The zero-order chi connectivity index (χ0) is 21.3. The highest BCUT2D eigenvalue weighted by Crippen LogP contribution is 2.22. The summed E-state index contributed by atoms with van der Waals surface area (Å²) in [4.78, 5) is 4.69. The molecule has 2 N–H and O–H groups in total. The van der Waals surface area contributed by atoms with Gasteiger partial charge in [0.2, 0.25) is 0 Å². The van der Waals surface area contributed by atoms with Crippen LogP contribution in [0.4, 0.5) is 0 Å². The summed E-state index contributed by atoms with van der Waals surface area (Å²) in [6.45, 7) is 11.1. The largest absolute Gasteiger partial charge is 0.493 e. The number of rotatable bonds is 10. The molecule has 1 aliphatic rings. The van der Waals surface area contributed by atoms with Crippen molar-refractivity contribution in [2.75, 3.05) is 31.2 Å². The molecule has 0 amide bonds. The third-order valence-corrected chi connectivity index (χ3v) is 6.88. The molecule has 7 heteroatoms. The highest BCUT2D eigenvalue weighted by molar-refractivity contribution is 7.91. The van der Waals surface area contributed by atoms with Gasteiger partial charge in [-0.05, 0) is 56.6 Å². The van der Waals surface area contributed by atoms with Crippen molar-refractivity contribution in [3.63, 3.8) is 0 Å². The van der Waals surface area contributed by atoms with E-state index in [-0.39, 0.29) is 11.7 Å². The molecule has 0 spiro atoms. The molecule has 1 unspecified atom stereocenters. The summed E-state index contributed by atoms with van der Waals surface area (Å²) in [5.41, 5.74) is 2.23. The van der Waals surface area contributed by atoms with E-state index in [2.05, 4.69) is 49.6 Å². The van der Waals surface area contributed by atoms with Crippen molar-refractivity contribution in [3.05, 3.63) is 29.3 Å². The van der Waals surface area contributed by atoms with Crippen LogP contribution in [0, 0.1) is 18.8 Å². The third kappa shape index (κ3) is 8.64. The Hall–Kier alpha value is -1.76. The Morgan fingerprint density at radius 1 is 1.31 bits per heavy atom. The highest BCUT2D eigenvalue weighted by Gasteiger charge is 2.27. The summed E-state index contributed by atoms with van der Waals surface area (Å²) in [5.74, 6) is 3.02. The van der Waals surface area contributed by atoms with E-state index in [0.29, 0.717) is 37.3 Å². The van der Waals surface area contributed by atoms with Gasteiger partial charge in [0.15, 0.2) is 15.8 Å². The van der Waals surface area contributed by atoms with E-state index in [1.807, 2.05) is 6.92 Å². The van der Waals surface area contributed by atoms with Gasteiger partial charge >= 0.3 is 0 Å². The average molecular weight is 424 g/mol. The zero-order valence-electron chi connectivity index (χ0n) is 18.3. The lowest BCUT2D eigenvalue weighted by Gasteiger charge is -2.15. The molecular weight excluding hydrogens is 386 g/mol. The molecule has 0 aromatic heterocycles. The fourth-order valence-electron chi connectivity index (χ4n) is 3.38. The minimum atomic E-state index is -2.85. The lowest BCUT2D eigenvalue weighted by atomic mass is 10.1. The molecule has 1 saturated heterocycles. The van der Waals surface area contributed by atoms with Crippen molar-refractivity contribution in [1.82, 2.24) is 10.6 Å². The van der Waals surface area contributed by atoms with Gasteiger partial charge in [-0.3, -0.25) is 0 Å². The van der Waals surface area contributed by atoms with Crippen molar-refractivity contribution in [2.24, 2.45) is 16.8 Å². The van der Waals surface area contributed by atoms with Gasteiger partial charge in [-0.1, -0.05) is 26.0 Å². The Morgan fingerprint density at radius 3 is 2.76 bits per heavy atom. The van der Waals surface area contributed by atoms with Crippen LogP contribution in [-0.4, -0.2) is 45.6 Å². The Kier molecular flexibility index (Phi) is 9.27. The first-order valence-corrected chi connectivity index (χ1v) is 12.6. The zero-order valence-corrected chi connectivity index (χ0v) is 19.1. The van der Waals surface area contributed by atoms with E-state index >= 15 is 0 Å². The number of guanidine groups is 1. The van der Waals surface area contributed by atoms with E-state index in [1.54, 1.807) is 0 Å². The molecule has 2 rings (SSSR count). The summed E-state index contributed by atoms with van der Waals surface area (Å²) in [6.07, 6.45) is 2.93. The number of ether oxygens (including phenoxy) is 1. The molecule has 164 valence electrons. The van der Waals surface area contributed by atoms with E-state index in [9.17, 15) is 8.42 Å². The van der Waals surface area contributed by atoms with Crippen LogP contribution < -0.4 is 15.4 Å². The second-order valence-electron chi connectivity index (χ2n) is 8.34. The van der Waals surface area contributed by atoms with Gasteiger partial charge in [0.1, 0.15) is 5.75 Å². The predicted octanol–water partition coefficient (Wildman–Crippen LogP) is 3.30. The number of nitrogens with zero attached hydrogens (tertiary/aromatic N) is 1. The Labute approximate surface area is 176 Å². The van der Waals surface area contributed by atoms with Crippen LogP contribution in [0.2, 0.25) is 0 Å². The van der Waals surface area contributed by atoms with Crippen molar-refractivity contribution in [3.8, 4) is 5.75 Å². The fraction of sp³-hybridized carbons (Fsp3) is 0.682. The number of hydrogen-bond acceptors (Lipinski definition) is 4. The van der Waals surface area contributed by atoms with E-state index in [1.165, 1.54) is 5.56 Å². The smallest absolute Gasteiger partial charge is 0.191 e. The van der Waals surface area contributed by atoms with E-state index in [0.717, 1.165) is 37.1 Å². The van der Waals surface area contributed by atoms with Crippen LogP contribution in [0.15, 0.2) is 23.2 Å². The van der Waals surface area contributed by atoms with Crippen molar-refractivity contribution < 1.29 is 13.2 Å². The fourth-order valence-corrected chi connectivity index (χ4v) is 5.24. The summed E-state index contributed by atoms with van der Waals surface area (Å²) in [5, 5.41) is 6.54. The minimum Gasteiger partial charge on any atom is -0.493 e. The lowest BCUT2D eigenvalue weighted by molar-refractivity contribution is 0.295. The van der Waals surface area contributed by atoms with E-state index < -0.39 is 9.84 Å². The molecule has 0 radical (unpaired) electrons. The van der Waals surface area contributed by atoms with Gasteiger partial charge in [0, 0.05) is 18.7 Å². The SMILES string of the molecule is CCNC(=NCc1ccc(C)cc1OCCCC(C)C)NCC1CCS(=O)(=O)C1. The second-order valence-corrected chi connectivity index (χ2v) is 10.6. The normalized spacial score (nSPS) is 18.8. The molecule has 6 nitrogen and oxygen atoms in total. The molecule has 1 atom stereocenters. The molecule has 1 heterocycles. The van der Waals surface area contributed by atoms with Crippen LogP contribution in [0.1, 0.15) is 51.2 Å². The third-order valence-electron chi connectivity index (χ3n) is 5.04. The summed E-state index contributed by atoms with van der Waals surface area (Å²) in [7, 11) is -2.85. The van der Waals surface area contributed by atoms with E-state index in [4.69, 9.17) is 9.73 Å². The molecule has 1 fully saturated rings. The van der Waals surface area contributed by atoms with Gasteiger partial charge < -0.3 is 15.4 Å². The number of nitrogens with one attached hydrogen (secondary N) is 2. The van der Waals surface area contributed by atoms with Crippen LogP contribution in [0.25, 0.3) is 0 Å². The minimum absolute atomic E-state index is 0.156. The van der Waals surface area contributed by atoms with Gasteiger partial charge in [-0.15, -0.1) is 0 Å². The highest BCUT2D eigenvalue weighted by atomic mass is 32.2. The van der Waals surface area contributed by atoms with Gasteiger partial charge in [0.25, 0.3) is 0 Å². The topological polar surface area (TPSA) is 79.8 Å². The molecule has 0 aliphatic carbocycles. The Bertz CT molecular complexity index is 776. The molecule has 0 bridgehead atoms. The Morgan fingerprint density at radius 2 is 2.10 bits per heavy atom. The molecular formula is C22H37N3O3S. The summed E-state index contributed by atoms with van der Waals surface area (Å²) >= 11 is 0. The first-order valence-electron chi connectivity index (χ1n) is 10.7. The maximum absolute atomic E-state index is 11.6. The number of hydrogen-bond donors (Lipinski definition) is 2. The van der Waals surface area contributed by atoms with Crippen molar-refractivity contribution >= 4 is 15.8 Å². The molecule has 1 aromatic carbocycles. The number of benzene rings is 1. The second kappa shape index (κ2) is 11.4. The van der Waals surface area contributed by atoms with Gasteiger partial charge in [-0.25, -0.2) is 13.4 Å². The van der Waals surface area contributed by atoms with Gasteiger partial charge in [0.05, 0.1) is 24.7 Å². The van der Waals surface area contributed by atoms with Crippen LogP contribution in [0.5, 0.6) is 5.75 Å². The van der Waals surface area contributed by atoms with Crippen LogP contribution in [-0.2, 0) is 16.4 Å². The maximum atomic E-state index is 11.6. The Balaban J connectivity index is 1.96. The maximum Gasteiger partial charge on any atom is 0.191 e. The number of sulfone groups is 1. The lowest BCUT2D eigenvalue weighted by Crippen LogP contribution is -2.40. The standard InChI is InChI=1S/C22H37N3O3S/c1-5-23-22(24-14-19-10-12-29(26,27)16-19)25-15-20-9-8-18(4)13-21(20)28-11-6-7-17(2)3/h8-9,13,17,19H,5-7,10-12,14-16H2,1-4H3,(H2,23,24,25). The molecule has 0 saturated carbocycles. The first-order chi connectivity index (χ1) is 13.8. The monoisotopic (exact) mass is 423 g/mol. The van der Waals surface area contributed by atoms with Crippen LogP contribution in [0.3, 0.4) is 0 Å². The summed E-state index contributed by atoms with van der Waals surface area (Å²) in [6, 6.07) is 6.23. The molecule has 29 heavy (non-hydrogen) atoms. The summed E-state index contributed by atoms with van der Waals surface area (Å²) < 4.78 is 29.3. The van der Waals surface area contributed by atoms with Crippen LogP contribution >= 0.6 is 0 Å². The predicted molar refractivity (Wildman–Crippen MR) is 120 cm³/mol. The van der Waals surface area contributed by atoms with Crippen molar-refractivity contribution in [2.45, 2.75) is 53.5 Å². The quantitative estimate of drug-likeness (QED) is 0.343.